The van der Waals surface area contributed by atoms with Crippen LogP contribution in [0.5, 0.6) is 5.75 Å². The van der Waals surface area contributed by atoms with E-state index >= 15 is 0 Å². The van der Waals surface area contributed by atoms with Crippen molar-refractivity contribution >= 4 is 45.2 Å². The number of ether oxygens (including phenoxy) is 1. The summed E-state index contributed by atoms with van der Waals surface area (Å²) in [5.41, 5.74) is -0.208. The topological polar surface area (TPSA) is 45.9 Å². The van der Waals surface area contributed by atoms with Gasteiger partial charge in [0.1, 0.15) is 15.3 Å². The van der Waals surface area contributed by atoms with Crippen LogP contribution in [0.15, 0.2) is 6.20 Å². The van der Waals surface area contributed by atoms with E-state index in [1.54, 1.807) is 51.3 Å². The maximum atomic E-state index is 12.0. The molecule has 0 fully saturated rings. The summed E-state index contributed by atoms with van der Waals surface area (Å²) in [6.45, 7) is 0. The zero-order valence-corrected chi connectivity index (χ0v) is 11.1. The number of nitrogens with zero attached hydrogens (tertiary/aromatic N) is 2. The normalized spacial score (nSPS) is 10.9. The number of hydrogen-bond donors (Lipinski definition) is 0. The molecule has 0 saturated carbocycles. The predicted molar refractivity (Wildman–Crippen MR) is 61.1 cm³/mol. The minimum absolute atomic E-state index is 0.141. The third kappa shape index (κ3) is 3.33. The molecule has 1 aromatic heterocycles. The van der Waals surface area contributed by atoms with Gasteiger partial charge >= 0.3 is 6.36 Å². The lowest BCUT2D eigenvalue weighted by atomic mass is 10.3. The molecule has 8 heteroatoms. The summed E-state index contributed by atoms with van der Waals surface area (Å²) in [5, 5.41) is 8.68. The Balaban J connectivity index is 3.28. The van der Waals surface area contributed by atoms with E-state index in [-0.39, 0.29) is 12.8 Å². The highest BCUT2D eigenvalue weighted by atomic mass is 127. The largest absolute Gasteiger partial charge is 0.573 e. The lowest BCUT2D eigenvalue weighted by Crippen LogP contribution is -2.19. The van der Waals surface area contributed by atoms with Crippen LogP contribution in [0.25, 0.3) is 0 Å². The van der Waals surface area contributed by atoms with Gasteiger partial charge in [0.25, 0.3) is 0 Å². The third-order valence-corrected chi connectivity index (χ3v) is 2.86. The van der Waals surface area contributed by atoms with Crippen LogP contribution in [-0.2, 0) is 0 Å². The van der Waals surface area contributed by atoms with Crippen LogP contribution in [0.2, 0.25) is 0 Å². The number of pyridine rings is 1. The van der Waals surface area contributed by atoms with Crippen molar-refractivity contribution in [1.29, 1.82) is 5.26 Å². The Morgan fingerprint density at radius 3 is 2.47 bits per heavy atom. The van der Waals surface area contributed by atoms with Crippen LogP contribution in [0.4, 0.5) is 13.2 Å². The second-order valence-corrected chi connectivity index (χ2v) is 4.44. The van der Waals surface area contributed by atoms with Crippen molar-refractivity contribution in [3.05, 3.63) is 19.0 Å². The van der Waals surface area contributed by atoms with Crippen molar-refractivity contribution in [3.8, 4) is 11.8 Å². The molecule has 1 heterocycles. The molecule has 0 saturated heterocycles. The Labute approximate surface area is 110 Å². The molecule has 0 radical (unpaired) electrons. The molecule has 15 heavy (non-hydrogen) atoms. The van der Waals surface area contributed by atoms with E-state index in [0.29, 0.717) is 0 Å². The van der Waals surface area contributed by atoms with Crippen molar-refractivity contribution in [2.75, 3.05) is 0 Å². The van der Waals surface area contributed by atoms with Crippen LogP contribution in [-0.4, -0.2) is 11.3 Å². The number of rotatable bonds is 1. The molecule has 0 aliphatic rings. The molecule has 0 N–H and O–H groups in total. The Morgan fingerprint density at radius 2 is 2.00 bits per heavy atom. The number of hydrogen-bond acceptors (Lipinski definition) is 3. The molecule has 0 aliphatic heterocycles. The quantitative estimate of drug-likeness (QED) is 0.499. The van der Waals surface area contributed by atoms with Gasteiger partial charge in [0.2, 0.25) is 0 Å². The van der Waals surface area contributed by atoms with Gasteiger partial charge in [-0.15, -0.1) is 13.2 Å². The molecule has 0 unspecified atom stereocenters. The van der Waals surface area contributed by atoms with E-state index in [2.05, 4.69) is 9.72 Å². The zero-order valence-electron chi connectivity index (χ0n) is 6.77. The molecule has 1 rings (SSSR count). The van der Waals surface area contributed by atoms with Gasteiger partial charge < -0.3 is 4.74 Å². The molecule has 0 aliphatic carbocycles. The maximum absolute atomic E-state index is 12.0. The van der Waals surface area contributed by atoms with E-state index in [1.807, 2.05) is 0 Å². The highest BCUT2D eigenvalue weighted by Gasteiger charge is 2.33. The molecular weight excluding hydrogens is 439 g/mol. The molecule has 0 amide bonds. The average molecular weight is 440 g/mol. The maximum Gasteiger partial charge on any atom is 0.573 e. The second-order valence-electron chi connectivity index (χ2n) is 2.26. The highest BCUT2D eigenvalue weighted by Crippen LogP contribution is 2.32. The van der Waals surface area contributed by atoms with Gasteiger partial charge in [-0.1, -0.05) is 0 Å². The predicted octanol–water partition coefficient (Wildman–Crippen LogP) is 3.06. The zero-order chi connectivity index (χ0) is 11.6. The van der Waals surface area contributed by atoms with Crippen LogP contribution in [0.3, 0.4) is 0 Å². The highest BCUT2D eigenvalue weighted by molar-refractivity contribution is 14.1. The number of alkyl halides is 3. The lowest BCUT2D eigenvalue weighted by molar-refractivity contribution is -0.275. The fourth-order valence-corrected chi connectivity index (χ4v) is 1.79. The molecular formula is C7HF3I2N2O. The van der Waals surface area contributed by atoms with Crippen molar-refractivity contribution in [2.45, 2.75) is 6.36 Å². The fourth-order valence-electron chi connectivity index (χ4n) is 0.762. The van der Waals surface area contributed by atoms with Crippen LogP contribution >= 0.6 is 45.2 Å². The molecule has 0 atom stereocenters. The summed E-state index contributed by atoms with van der Waals surface area (Å²) in [7, 11) is 0. The monoisotopic (exact) mass is 440 g/mol. The van der Waals surface area contributed by atoms with Gasteiger partial charge in [-0.25, -0.2) is 4.98 Å². The van der Waals surface area contributed by atoms with Gasteiger partial charge in [-0.2, -0.15) is 5.26 Å². The van der Waals surface area contributed by atoms with Crippen molar-refractivity contribution in [3.63, 3.8) is 0 Å². The van der Waals surface area contributed by atoms with Gasteiger partial charge in [-0.05, 0) is 45.2 Å². The van der Waals surface area contributed by atoms with Crippen LogP contribution < -0.4 is 4.74 Å². The summed E-state index contributed by atoms with van der Waals surface area (Å²) in [4.78, 5) is 3.75. The summed E-state index contributed by atoms with van der Waals surface area (Å²) in [5.74, 6) is -0.495. The number of nitriles is 1. The van der Waals surface area contributed by atoms with E-state index in [1.165, 1.54) is 6.20 Å². The molecule has 0 spiro atoms. The smallest absolute Gasteiger partial charge is 0.403 e. The minimum atomic E-state index is -4.81. The van der Waals surface area contributed by atoms with Gasteiger partial charge in [0.15, 0.2) is 5.75 Å². The molecule has 0 bridgehead atoms. The first kappa shape index (κ1) is 12.8. The second kappa shape index (κ2) is 4.69. The lowest BCUT2D eigenvalue weighted by Gasteiger charge is -2.11. The average Bonchev–Trinajstić information content (AvgIpc) is 2.10. The summed E-state index contributed by atoms with van der Waals surface area (Å²) < 4.78 is 40.1. The van der Waals surface area contributed by atoms with Crippen molar-refractivity contribution in [2.24, 2.45) is 0 Å². The Bertz CT molecular complexity index is 427. The van der Waals surface area contributed by atoms with Crippen molar-refractivity contribution in [1.82, 2.24) is 4.98 Å². The van der Waals surface area contributed by atoms with E-state index in [9.17, 15) is 13.2 Å². The molecule has 3 nitrogen and oxygen atoms in total. The van der Waals surface area contributed by atoms with Gasteiger partial charge in [0.05, 0.1) is 3.57 Å². The molecule has 80 valence electrons. The molecule has 1 aromatic rings. The Hall–Kier alpha value is -0.310. The first-order valence-corrected chi connectivity index (χ1v) is 5.50. The fraction of sp³-hybridized carbons (Fsp3) is 0.143. The van der Waals surface area contributed by atoms with Gasteiger partial charge in [0, 0.05) is 6.20 Å². The molecule has 0 aromatic carbocycles. The first-order valence-electron chi connectivity index (χ1n) is 3.35. The van der Waals surface area contributed by atoms with Crippen LogP contribution in [0, 0.1) is 18.6 Å². The standard InChI is InChI=1S/C7HF3I2N2O/c8-7(9,10)15-5-3(1-13)6(12)14-2-4(5)11/h2H. The summed E-state index contributed by atoms with van der Waals surface area (Å²) >= 11 is 3.29. The van der Waals surface area contributed by atoms with Crippen molar-refractivity contribution < 1.29 is 17.9 Å². The Morgan fingerprint density at radius 1 is 1.40 bits per heavy atom. The van der Waals surface area contributed by atoms with Crippen LogP contribution in [0.1, 0.15) is 5.56 Å². The van der Waals surface area contributed by atoms with E-state index in [4.69, 9.17) is 5.26 Å². The first-order chi connectivity index (χ1) is 6.85. The third-order valence-electron chi connectivity index (χ3n) is 1.27. The minimum Gasteiger partial charge on any atom is -0.403 e. The summed E-state index contributed by atoms with van der Waals surface area (Å²) in [6.07, 6.45) is -3.60. The number of halogens is 5. The van der Waals surface area contributed by atoms with E-state index in [0.717, 1.165) is 0 Å². The van der Waals surface area contributed by atoms with E-state index < -0.39 is 12.1 Å². The SMILES string of the molecule is N#Cc1c(I)ncc(I)c1OC(F)(F)F. The number of aromatic nitrogens is 1. The Kier molecular flexibility index (Phi) is 3.99. The summed E-state index contributed by atoms with van der Waals surface area (Å²) in [6, 6.07) is 1.63. The van der Waals surface area contributed by atoms with Gasteiger partial charge in [-0.3, -0.25) is 0 Å².